The van der Waals surface area contributed by atoms with Crippen molar-refractivity contribution in [2.75, 3.05) is 6.61 Å². The van der Waals surface area contributed by atoms with E-state index in [0.717, 1.165) is 24.3 Å². The number of nitrogens with zero attached hydrogens (tertiary/aromatic N) is 3. The molecule has 6 heteroatoms. The van der Waals surface area contributed by atoms with Crippen LogP contribution in [0.3, 0.4) is 0 Å². The van der Waals surface area contributed by atoms with Crippen LogP contribution in [0.5, 0.6) is 0 Å². The van der Waals surface area contributed by atoms with E-state index in [-0.39, 0.29) is 12.0 Å². The predicted molar refractivity (Wildman–Crippen MR) is 87.4 cm³/mol. The summed E-state index contributed by atoms with van der Waals surface area (Å²) < 4.78 is 11.5. The van der Waals surface area contributed by atoms with Crippen LogP contribution in [-0.2, 0) is 11.2 Å². The smallest absolute Gasteiger partial charge is 0.232 e. The summed E-state index contributed by atoms with van der Waals surface area (Å²) in [5, 5.41) is 6.25. The highest BCUT2D eigenvalue weighted by molar-refractivity contribution is 7.10. The first-order valence-corrected chi connectivity index (χ1v) is 8.55. The normalized spacial score (nSPS) is 18.6. The number of thiophene rings is 1. The summed E-state index contributed by atoms with van der Waals surface area (Å²) in [5.41, 5.74) is 3.04. The van der Waals surface area contributed by atoms with Gasteiger partial charge in [0.25, 0.3) is 0 Å². The summed E-state index contributed by atoms with van der Waals surface area (Å²) in [6, 6.07) is 5.97. The average Bonchev–Trinajstić information content (AvgIpc) is 3.23. The highest BCUT2D eigenvalue weighted by atomic mass is 32.1. The van der Waals surface area contributed by atoms with Gasteiger partial charge >= 0.3 is 0 Å². The van der Waals surface area contributed by atoms with Crippen molar-refractivity contribution in [3.8, 4) is 11.4 Å². The van der Waals surface area contributed by atoms with Crippen molar-refractivity contribution in [2.45, 2.75) is 32.3 Å². The Labute approximate surface area is 138 Å². The molecular formula is C17H17N3O2S. The molecule has 0 fully saturated rings. The Hall–Kier alpha value is -2.05. The molecule has 0 amide bonds. The lowest BCUT2D eigenvalue weighted by Crippen LogP contribution is -2.19. The molecule has 23 heavy (non-hydrogen) atoms. The van der Waals surface area contributed by atoms with Crippen molar-refractivity contribution < 1.29 is 9.26 Å². The van der Waals surface area contributed by atoms with Gasteiger partial charge in [0.15, 0.2) is 0 Å². The lowest BCUT2D eigenvalue weighted by molar-refractivity contribution is 0.0211. The number of rotatable bonds is 3. The molecular weight excluding hydrogens is 310 g/mol. The van der Waals surface area contributed by atoms with Crippen LogP contribution in [0, 0.1) is 6.92 Å². The molecule has 4 rings (SSSR count). The fraction of sp³-hybridized carbons (Fsp3) is 0.353. The molecule has 0 saturated heterocycles. The minimum atomic E-state index is -0.0201. The monoisotopic (exact) mass is 327 g/mol. The minimum Gasteiger partial charge on any atom is -0.372 e. The van der Waals surface area contributed by atoms with Gasteiger partial charge in [0.2, 0.25) is 11.7 Å². The van der Waals surface area contributed by atoms with E-state index in [0.29, 0.717) is 11.7 Å². The lowest BCUT2D eigenvalue weighted by Gasteiger charge is -2.26. The molecule has 5 nitrogen and oxygen atoms in total. The third kappa shape index (κ3) is 2.58. The molecule has 0 radical (unpaired) electrons. The first-order chi connectivity index (χ1) is 11.2. The van der Waals surface area contributed by atoms with Gasteiger partial charge in [-0.15, -0.1) is 11.3 Å². The molecule has 0 saturated carbocycles. The molecule has 3 aromatic heterocycles. The van der Waals surface area contributed by atoms with Crippen LogP contribution in [-0.4, -0.2) is 21.7 Å². The van der Waals surface area contributed by atoms with Gasteiger partial charge in [0, 0.05) is 28.8 Å². The van der Waals surface area contributed by atoms with E-state index in [1.807, 2.05) is 19.1 Å². The van der Waals surface area contributed by atoms with E-state index in [2.05, 4.69) is 33.5 Å². The predicted octanol–water partition coefficient (Wildman–Crippen LogP) is 3.92. The molecule has 4 heterocycles. The van der Waals surface area contributed by atoms with Gasteiger partial charge in [0.1, 0.15) is 0 Å². The summed E-state index contributed by atoms with van der Waals surface area (Å²) in [4.78, 5) is 10.3. The maximum Gasteiger partial charge on any atom is 0.232 e. The van der Waals surface area contributed by atoms with Crippen molar-refractivity contribution in [3.63, 3.8) is 0 Å². The third-order valence-electron chi connectivity index (χ3n) is 4.25. The maximum atomic E-state index is 5.98. The Morgan fingerprint density at radius 1 is 1.35 bits per heavy atom. The largest absolute Gasteiger partial charge is 0.372 e. The summed E-state index contributed by atoms with van der Waals surface area (Å²) in [6.07, 6.45) is 2.73. The van der Waals surface area contributed by atoms with Gasteiger partial charge in [-0.2, -0.15) is 4.98 Å². The van der Waals surface area contributed by atoms with E-state index in [1.54, 1.807) is 17.5 Å². The van der Waals surface area contributed by atoms with Crippen molar-refractivity contribution >= 4 is 11.3 Å². The van der Waals surface area contributed by atoms with Crippen LogP contribution in [0.2, 0.25) is 0 Å². The first kappa shape index (κ1) is 14.5. The number of hydrogen-bond acceptors (Lipinski definition) is 6. The van der Waals surface area contributed by atoms with E-state index in [9.17, 15) is 0 Å². The highest BCUT2D eigenvalue weighted by Gasteiger charge is 2.31. The number of aromatic nitrogens is 3. The Kier molecular flexibility index (Phi) is 3.71. The number of hydrogen-bond donors (Lipinski definition) is 0. The fourth-order valence-corrected chi connectivity index (χ4v) is 3.87. The van der Waals surface area contributed by atoms with Crippen molar-refractivity contribution in [2.24, 2.45) is 0 Å². The third-order valence-corrected chi connectivity index (χ3v) is 5.24. The van der Waals surface area contributed by atoms with Crippen LogP contribution in [0.15, 0.2) is 34.3 Å². The molecule has 1 aliphatic heterocycles. The Morgan fingerprint density at radius 3 is 3.13 bits per heavy atom. The Morgan fingerprint density at radius 2 is 2.26 bits per heavy atom. The second-order valence-corrected chi connectivity index (χ2v) is 6.72. The SMILES string of the molecule is Cc1ncccc1-c1noc(C(C)C2OCCc3sccc32)n1. The first-order valence-electron chi connectivity index (χ1n) is 7.67. The summed E-state index contributed by atoms with van der Waals surface area (Å²) in [5.74, 6) is 1.20. The second kappa shape index (κ2) is 5.86. The molecule has 0 bridgehead atoms. The van der Waals surface area contributed by atoms with Gasteiger partial charge < -0.3 is 9.26 Å². The van der Waals surface area contributed by atoms with E-state index < -0.39 is 0 Å². The van der Waals surface area contributed by atoms with E-state index >= 15 is 0 Å². The molecule has 0 aliphatic carbocycles. The van der Waals surface area contributed by atoms with Crippen LogP contribution in [0.25, 0.3) is 11.4 Å². The quantitative estimate of drug-likeness (QED) is 0.729. The number of aryl methyl sites for hydroxylation is 1. The van der Waals surface area contributed by atoms with Crippen molar-refractivity contribution in [3.05, 3.63) is 51.8 Å². The molecule has 0 spiro atoms. The zero-order chi connectivity index (χ0) is 15.8. The van der Waals surface area contributed by atoms with Gasteiger partial charge in [-0.25, -0.2) is 0 Å². The Balaban J connectivity index is 1.64. The Bertz CT molecular complexity index is 827. The van der Waals surface area contributed by atoms with Gasteiger partial charge in [-0.1, -0.05) is 12.1 Å². The standard InChI is InChI=1S/C17H17N3O2S/c1-10(15-13-6-9-23-14(13)5-8-21-15)17-19-16(20-22-17)12-4-3-7-18-11(12)2/h3-4,6-7,9-10,15H,5,8H2,1-2H3. The fourth-order valence-electron chi connectivity index (χ4n) is 2.97. The number of pyridine rings is 1. The van der Waals surface area contributed by atoms with Crippen molar-refractivity contribution in [1.29, 1.82) is 0 Å². The second-order valence-electron chi connectivity index (χ2n) is 5.72. The molecule has 2 unspecified atom stereocenters. The van der Waals surface area contributed by atoms with Crippen LogP contribution in [0.4, 0.5) is 0 Å². The van der Waals surface area contributed by atoms with E-state index in [4.69, 9.17) is 9.26 Å². The number of fused-ring (bicyclic) bond motifs is 1. The number of ether oxygens (including phenoxy) is 1. The van der Waals surface area contributed by atoms with Gasteiger partial charge in [-0.3, -0.25) is 4.98 Å². The highest BCUT2D eigenvalue weighted by Crippen LogP contribution is 2.40. The summed E-state index contributed by atoms with van der Waals surface area (Å²) >= 11 is 1.79. The molecule has 1 aliphatic rings. The van der Waals surface area contributed by atoms with Crippen LogP contribution >= 0.6 is 11.3 Å². The molecule has 118 valence electrons. The van der Waals surface area contributed by atoms with Crippen LogP contribution in [0.1, 0.15) is 41.0 Å². The maximum absolute atomic E-state index is 5.98. The minimum absolute atomic E-state index is 0.0156. The summed E-state index contributed by atoms with van der Waals surface area (Å²) in [7, 11) is 0. The van der Waals surface area contributed by atoms with E-state index in [1.165, 1.54) is 10.4 Å². The zero-order valence-electron chi connectivity index (χ0n) is 13.0. The lowest BCUT2D eigenvalue weighted by atomic mass is 9.95. The average molecular weight is 327 g/mol. The molecule has 2 atom stereocenters. The molecule has 3 aromatic rings. The van der Waals surface area contributed by atoms with Gasteiger partial charge in [-0.05, 0) is 36.1 Å². The van der Waals surface area contributed by atoms with Gasteiger partial charge in [0.05, 0.1) is 18.6 Å². The zero-order valence-corrected chi connectivity index (χ0v) is 13.8. The summed E-state index contributed by atoms with van der Waals surface area (Å²) in [6.45, 7) is 4.76. The molecule has 0 N–H and O–H groups in total. The molecule has 0 aromatic carbocycles. The topological polar surface area (TPSA) is 61.0 Å². The van der Waals surface area contributed by atoms with Crippen LogP contribution < -0.4 is 0 Å². The van der Waals surface area contributed by atoms with Crippen molar-refractivity contribution in [1.82, 2.24) is 15.1 Å².